The van der Waals surface area contributed by atoms with Crippen LogP contribution in [0.4, 0.5) is 0 Å². The third-order valence-electron chi connectivity index (χ3n) is 2.30. The minimum absolute atomic E-state index is 0.275. The zero-order chi connectivity index (χ0) is 11.1. The average molecular weight is 229 g/mol. The molecule has 1 rings (SSSR count). The van der Waals surface area contributed by atoms with Gasteiger partial charge >= 0.3 is 0 Å². The van der Waals surface area contributed by atoms with Crippen LogP contribution in [0.15, 0.2) is 18.3 Å². The first kappa shape index (κ1) is 12.4. The molecule has 4 heteroatoms. The zero-order valence-electron chi connectivity index (χ0n) is 9.16. The normalized spacial score (nSPS) is 12.7. The van der Waals surface area contributed by atoms with Gasteiger partial charge in [0.15, 0.2) is 0 Å². The molecule has 1 atom stereocenters. The summed E-state index contributed by atoms with van der Waals surface area (Å²) in [6.45, 7) is 0.784. The van der Waals surface area contributed by atoms with Crippen molar-refractivity contribution < 1.29 is 4.74 Å². The molecule has 0 spiro atoms. The van der Waals surface area contributed by atoms with Gasteiger partial charge in [-0.05, 0) is 32.0 Å². The van der Waals surface area contributed by atoms with Crippen LogP contribution in [0, 0.1) is 0 Å². The fraction of sp³-hybridized carbons (Fsp3) is 0.545. The maximum absolute atomic E-state index is 5.78. The van der Waals surface area contributed by atoms with Gasteiger partial charge in [-0.3, -0.25) is 4.98 Å². The number of hydrogen-bond acceptors (Lipinski definition) is 3. The SMILES string of the molecule is CNC(CCCOC)c1ccc(Cl)cn1. The first-order valence-corrected chi connectivity index (χ1v) is 5.43. The number of hydrogen-bond donors (Lipinski definition) is 1. The van der Waals surface area contributed by atoms with Gasteiger partial charge in [0.05, 0.1) is 10.7 Å². The monoisotopic (exact) mass is 228 g/mol. The van der Waals surface area contributed by atoms with Gasteiger partial charge in [0.25, 0.3) is 0 Å². The van der Waals surface area contributed by atoms with Gasteiger partial charge in [-0.2, -0.15) is 0 Å². The van der Waals surface area contributed by atoms with Crippen LogP contribution >= 0.6 is 11.6 Å². The molecular weight excluding hydrogens is 212 g/mol. The van der Waals surface area contributed by atoms with Crippen LogP contribution in [-0.4, -0.2) is 25.7 Å². The summed E-state index contributed by atoms with van der Waals surface area (Å²) in [5.74, 6) is 0. The molecule has 0 aliphatic rings. The smallest absolute Gasteiger partial charge is 0.0589 e. The van der Waals surface area contributed by atoms with Gasteiger partial charge in [-0.1, -0.05) is 11.6 Å². The van der Waals surface area contributed by atoms with Crippen molar-refractivity contribution in [1.29, 1.82) is 0 Å². The Kier molecular flexibility index (Phi) is 5.61. The van der Waals surface area contributed by atoms with E-state index in [9.17, 15) is 0 Å². The topological polar surface area (TPSA) is 34.1 Å². The summed E-state index contributed by atoms with van der Waals surface area (Å²) in [6, 6.07) is 4.10. The molecule has 1 aromatic rings. The summed E-state index contributed by atoms with van der Waals surface area (Å²) in [5, 5.41) is 3.91. The summed E-state index contributed by atoms with van der Waals surface area (Å²) in [5.41, 5.74) is 1.03. The van der Waals surface area contributed by atoms with Crippen molar-refractivity contribution in [3.05, 3.63) is 29.0 Å². The maximum Gasteiger partial charge on any atom is 0.0589 e. The minimum Gasteiger partial charge on any atom is -0.385 e. The summed E-state index contributed by atoms with van der Waals surface area (Å²) < 4.78 is 5.02. The molecule has 0 aliphatic heterocycles. The highest BCUT2D eigenvalue weighted by atomic mass is 35.5. The van der Waals surface area contributed by atoms with Crippen molar-refractivity contribution in [2.75, 3.05) is 20.8 Å². The Morgan fingerprint density at radius 1 is 1.53 bits per heavy atom. The van der Waals surface area contributed by atoms with Crippen LogP contribution in [0.1, 0.15) is 24.6 Å². The zero-order valence-corrected chi connectivity index (χ0v) is 9.92. The number of aromatic nitrogens is 1. The van der Waals surface area contributed by atoms with Gasteiger partial charge in [0.1, 0.15) is 0 Å². The molecule has 0 aliphatic carbocycles. The predicted octanol–water partition coefficient (Wildman–Crippen LogP) is 2.42. The molecule has 0 aromatic carbocycles. The molecule has 0 saturated carbocycles. The second-order valence-corrected chi connectivity index (χ2v) is 3.81. The second-order valence-electron chi connectivity index (χ2n) is 3.38. The molecule has 0 fully saturated rings. The molecule has 1 aromatic heterocycles. The Hall–Kier alpha value is -0.640. The van der Waals surface area contributed by atoms with E-state index in [0.29, 0.717) is 5.02 Å². The standard InChI is InChI=1S/C11H17ClN2O/c1-13-10(4-3-7-15-2)11-6-5-9(12)8-14-11/h5-6,8,10,13H,3-4,7H2,1-2H3. The third-order valence-corrected chi connectivity index (χ3v) is 2.52. The van der Waals surface area contributed by atoms with Crippen LogP contribution in [-0.2, 0) is 4.74 Å². The fourth-order valence-electron chi connectivity index (χ4n) is 1.47. The lowest BCUT2D eigenvalue weighted by Gasteiger charge is -2.15. The number of methoxy groups -OCH3 is 1. The average Bonchev–Trinajstić information content (AvgIpc) is 2.26. The van der Waals surface area contributed by atoms with E-state index in [4.69, 9.17) is 16.3 Å². The highest BCUT2D eigenvalue weighted by Crippen LogP contribution is 2.17. The van der Waals surface area contributed by atoms with Gasteiger partial charge in [-0.15, -0.1) is 0 Å². The number of rotatable bonds is 6. The second kappa shape index (κ2) is 6.77. The van der Waals surface area contributed by atoms with E-state index in [1.165, 1.54) is 0 Å². The maximum atomic E-state index is 5.78. The number of pyridine rings is 1. The molecule has 3 nitrogen and oxygen atoms in total. The molecule has 15 heavy (non-hydrogen) atoms. The quantitative estimate of drug-likeness (QED) is 0.760. The lowest BCUT2D eigenvalue weighted by molar-refractivity contribution is 0.189. The number of nitrogens with one attached hydrogen (secondary N) is 1. The van der Waals surface area contributed by atoms with Crippen LogP contribution in [0.25, 0.3) is 0 Å². The van der Waals surface area contributed by atoms with Crippen molar-refractivity contribution in [3.63, 3.8) is 0 Å². The molecule has 0 amide bonds. The lowest BCUT2D eigenvalue weighted by Crippen LogP contribution is -2.18. The van der Waals surface area contributed by atoms with Gasteiger partial charge in [-0.25, -0.2) is 0 Å². The Morgan fingerprint density at radius 2 is 2.33 bits per heavy atom. The van der Waals surface area contributed by atoms with Crippen molar-refractivity contribution in [3.8, 4) is 0 Å². The Balaban J connectivity index is 2.53. The van der Waals surface area contributed by atoms with Crippen molar-refractivity contribution in [2.45, 2.75) is 18.9 Å². The first-order chi connectivity index (χ1) is 7.27. The summed E-state index contributed by atoms with van der Waals surface area (Å²) in [4.78, 5) is 4.29. The molecule has 0 bridgehead atoms. The van der Waals surface area contributed by atoms with Crippen LogP contribution in [0.2, 0.25) is 5.02 Å². The number of ether oxygens (including phenoxy) is 1. The van der Waals surface area contributed by atoms with Crippen LogP contribution in [0.3, 0.4) is 0 Å². The predicted molar refractivity (Wildman–Crippen MR) is 62.2 cm³/mol. The Labute approximate surface area is 95.8 Å². The van der Waals surface area contributed by atoms with E-state index in [0.717, 1.165) is 25.1 Å². The van der Waals surface area contributed by atoms with Gasteiger partial charge in [0, 0.05) is 26.0 Å². The summed E-state index contributed by atoms with van der Waals surface area (Å²) >= 11 is 5.78. The molecule has 0 radical (unpaired) electrons. The number of halogens is 1. The van der Waals surface area contributed by atoms with Crippen molar-refractivity contribution in [1.82, 2.24) is 10.3 Å². The van der Waals surface area contributed by atoms with Gasteiger partial charge < -0.3 is 10.1 Å². The summed E-state index contributed by atoms with van der Waals surface area (Å²) in [7, 11) is 3.66. The molecule has 0 saturated heterocycles. The number of nitrogens with zero attached hydrogens (tertiary/aromatic N) is 1. The van der Waals surface area contributed by atoms with E-state index in [2.05, 4.69) is 10.3 Å². The minimum atomic E-state index is 0.275. The van der Waals surface area contributed by atoms with E-state index >= 15 is 0 Å². The molecular formula is C11H17ClN2O. The highest BCUT2D eigenvalue weighted by Gasteiger charge is 2.09. The van der Waals surface area contributed by atoms with Crippen LogP contribution in [0.5, 0.6) is 0 Å². The third kappa shape index (κ3) is 4.16. The Morgan fingerprint density at radius 3 is 2.87 bits per heavy atom. The molecule has 84 valence electrons. The highest BCUT2D eigenvalue weighted by molar-refractivity contribution is 6.30. The van der Waals surface area contributed by atoms with Crippen molar-refractivity contribution >= 4 is 11.6 Å². The largest absolute Gasteiger partial charge is 0.385 e. The molecule has 1 heterocycles. The van der Waals surface area contributed by atoms with Gasteiger partial charge in [0.2, 0.25) is 0 Å². The first-order valence-electron chi connectivity index (χ1n) is 5.05. The Bertz CT molecular complexity index is 276. The lowest BCUT2D eigenvalue weighted by atomic mass is 10.1. The molecule has 1 unspecified atom stereocenters. The van der Waals surface area contributed by atoms with E-state index in [-0.39, 0.29) is 6.04 Å². The van der Waals surface area contributed by atoms with Crippen molar-refractivity contribution in [2.24, 2.45) is 0 Å². The summed E-state index contributed by atoms with van der Waals surface area (Å²) in [6.07, 6.45) is 3.71. The fourth-order valence-corrected chi connectivity index (χ4v) is 1.58. The molecule has 1 N–H and O–H groups in total. The van der Waals surface area contributed by atoms with E-state index in [1.54, 1.807) is 13.3 Å². The van der Waals surface area contributed by atoms with E-state index in [1.807, 2.05) is 19.2 Å². The van der Waals surface area contributed by atoms with Crippen LogP contribution < -0.4 is 5.32 Å². The van der Waals surface area contributed by atoms with E-state index < -0.39 is 0 Å².